The number of likely N-dealkylation sites (tertiary alicyclic amines) is 1. The molecule has 6 heteroatoms. The molecule has 0 aromatic carbocycles. The molecular weight excluding hydrogens is 218 g/mol. The molecule has 1 amide bonds. The molecule has 0 saturated carbocycles. The Hall–Kier alpha value is -1.43. The molecule has 1 aromatic heterocycles. The summed E-state index contributed by atoms with van der Waals surface area (Å²) in [5, 5.41) is 11.1. The van der Waals surface area contributed by atoms with Crippen LogP contribution in [-0.2, 0) is 18.4 Å². The Kier molecular flexibility index (Phi) is 3.73. The summed E-state index contributed by atoms with van der Waals surface area (Å²) in [5.41, 5.74) is 1.05. The highest BCUT2D eigenvalue weighted by molar-refractivity contribution is 5.78. The van der Waals surface area contributed by atoms with Crippen LogP contribution in [0.3, 0.4) is 0 Å². The maximum absolute atomic E-state index is 11.5. The third-order valence-corrected chi connectivity index (χ3v) is 3.11. The van der Waals surface area contributed by atoms with Crippen LogP contribution in [-0.4, -0.2) is 44.9 Å². The van der Waals surface area contributed by atoms with Gasteiger partial charge in [-0.25, -0.2) is 0 Å². The molecule has 1 unspecified atom stereocenters. The number of hydrogen-bond donors (Lipinski definition) is 1. The van der Waals surface area contributed by atoms with Gasteiger partial charge in [-0.2, -0.15) is 0 Å². The molecule has 0 bridgehead atoms. The first-order valence-electron chi connectivity index (χ1n) is 6.01. The average Bonchev–Trinajstić information content (AvgIpc) is 2.86. The quantitative estimate of drug-likeness (QED) is 0.778. The normalized spacial score (nSPS) is 17.8. The molecule has 1 N–H and O–H groups in total. The van der Waals surface area contributed by atoms with Crippen LogP contribution >= 0.6 is 0 Å². The second kappa shape index (κ2) is 5.27. The van der Waals surface area contributed by atoms with Gasteiger partial charge >= 0.3 is 0 Å². The zero-order chi connectivity index (χ0) is 12.3. The van der Waals surface area contributed by atoms with E-state index in [1.807, 2.05) is 11.9 Å². The number of aromatic nitrogens is 3. The summed E-state index contributed by atoms with van der Waals surface area (Å²) in [6, 6.07) is 0.284. The minimum Gasteiger partial charge on any atom is -0.341 e. The van der Waals surface area contributed by atoms with Crippen molar-refractivity contribution in [3.05, 3.63) is 11.9 Å². The van der Waals surface area contributed by atoms with Gasteiger partial charge in [0.15, 0.2) is 0 Å². The number of aryl methyl sites for hydroxylation is 1. The molecule has 2 rings (SSSR count). The number of carbonyl (C=O) groups is 1. The van der Waals surface area contributed by atoms with Gasteiger partial charge < -0.3 is 10.2 Å². The minimum atomic E-state index is 0.279. The van der Waals surface area contributed by atoms with Crippen molar-refractivity contribution in [2.45, 2.75) is 32.4 Å². The van der Waals surface area contributed by atoms with E-state index in [0.29, 0.717) is 6.42 Å². The second-order valence-electron chi connectivity index (χ2n) is 4.57. The van der Waals surface area contributed by atoms with E-state index < -0.39 is 0 Å². The highest BCUT2D eigenvalue weighted by Crippen LogP contribution is 2.09. The van der Waals surface area contributed by atoms with Gasteiger partial charge in [-0.3, -0.25) is 9.48 Å². The zero-order valence-electron chi connectivity index (χ0n) is 10.4. The average molecular weight is 237 g/mol. The Bertz CT molecular complexity index is 389. The fraction of sp³-hybridized carbons (Fsp3) is 0.727. The third-order valence-electron chi connectivity index (χ3n) is 3.11. The summed E-state index contributed by atoms with van der Waals surface area (Å²) >= 11 is 0. The predicted molar refractivity (Wildman–Crippen MR) is 63.1 cm³/mol. The van der Waals surface area contributed by atoms with Gasteiger partial charge in [-0.1, -0.05) is 5.21 Å². The molecule has 94 valence electrons. The summed E-state index contributed by atoms with van der Waals surface area (Å²) in [6.45, 7) is 4.50. The fourth-order valence-electron chi connectivity index (χ4n) is 2.04. The van der Waals surface area contributed by atoms with E-state index in [0.717, 1.165) is 31.7 Å². The van der Waals surface area contributed by atoms with Gasteiger partial charge in [-0.15, -0.1) is 5.10 Å². The van der Waals surface area contributed by atoms with Crippen molar-refractivity contribution < 1.29 is 4.79 Å². The summed E-state index contributed by atoms with van der Waals surface area (Å²) in [7, 11) is 1.87. The molecule has 1 aromatic rings. The molecule has 1 fully saturated rings. The van der Waals surface area contributed by atoms with Crippen LogP contribution in [0.15, 0.2) is 6.20 Å². The largest absolute Gasteiger partial charge is 0.341 e. The zero-order valence-corrected chi connectivity index (χ0v) is 10.4. The molecule has 0 spiro atoms. The maximum atomic E-state index is 11.5. The van der Waals surface area contributed by atoms with Gasteiger partial charge in [0.05, 0.1) is 11.9 Å². The maximum Gasteiger partial charge on any atom is 0.222 e. The van der Waals surface area contributed by atoms with Crippen LogP contribution in [0.4, 0.5) is 0 Å². The lowest BCUT2D eigenvalue weighted by molar-refractivity contribution is -0.127. The van der Waals surface area contributed by atoms with Crippen molar-refractivity contribution in [1.29, 1.82) is 0 Å². The molecule has 1 aliphatic heterocycles. The first kappa shape index (κ1) is 12.0. The van der Waals surface area contributed by atoms with E-state index in [4.69, 9.17) is 0 Å². The number of nitrogens with one attached hydrogen (secondary N) is 1. The van der Waals surface area contributed by atoms with Crippen molar-refractivity contribution in [2.24, 2.45) is 7.05 Å². The predicted octanol–water partition coefficient (Wildman–Crippen LogP) is -0.0844. The van der Waals surface area contributed by atoms with Crippen LogP contribution in [0.25, 0.3) is 0 Å². The number of nitrogens with zero attached hydrogens (tertiary/aromatic N) is 4. The van der Waals surface area contributed by atoms with E-state index in [9.17, 15) is 4.79 Å². The van der Waals surface area contributed by atoms with Crippen LogP contribution in [0.1, 0.15) is 25.5 Å². The Balaban J connectivity index is 1.76. The number of rotatable bonds is 5. The standard InChI is InChI=1S/C11H19N5O/c1-9(8-16-5-3-4-11(16)17)12-6-10-7-13-14-15(10)2/h7,9,12H,3-6,8H2,1-2H3. The Morgan fingerprint density at radius 1 is 1.59 bits per heavy atom. The first-order chi connectivity index (χ1) is 8.16. The summed E-state index contributed by atoms with van der Waals surface area (Å²) < 4.78 is 1.75. The number of amides is 1. The van der Waals surface area contributed by atoms with Gasteiger partial charge in [0.2, 0.25) is 5.91 Å². The van der Waals surface area contributed by atoms with E-state index in [-0.39, 0.29) is 11.9 Å². The van der Waals surface area contributed by atoms with E-state index in [1.165, 1.54) is 0 Å². The molecule has 1 atom stereocenters. The van der Waals surface area contributed by atoms with Gasteiger partial charge in [0.1, 0.15) is 0 Å². The van der Waals surface area contributed by atoms with Gasteiger partial charge in [-0.05, 0) is 13.3 Å². The minimum absolute atomic E-state index is 0.279. The van der Waals surface area contributed by atoms with Crippen molar-refractivity contribution in [2.75, 3.05) is 13.1 Å². The molecule has 0 aliphatic carbocycles. The van der Waals surface area contributed by atoms with Crippen LogP contribution in [0, 0.1) is 0 Å². The first-order valence-corrected chi connectivity index (χ1v) is 6.01. The van der Waals surface area contributed by atoms with E-state index in [2.05, 4.69) is 22.6 Å². The molecule has 1 aliphatic rings. The van der Waals surface area contributed by atoms with Crippen molar-refractivity contribution >= 4 is 5.91 Å². The van der Waals surface area contributed by atoms with Crippen molar-refractivity contribution in [3.63, 3.8) is 0 Å². The molecule has 1 saturated heterocycles. The van der Waals surface area contributed by atoms with Crippen molar-refractivity contribution in [1.82, 2.24) is 25.2 Å². The Morgan fingerprint density at radius 2 is 2.41 bits per heavy atom. The number of carbonyl (C=O) groups excluding carboxylic acids is 1. The highest BCUT2D eigenvalue weighted by atomic mass is 16.2. The SMILES string of the molecule is CC(CN1CCCC1=O)NCc1cnnn1C. The van der Waals surface area contributed by atoms with Gasteiger partial charge in [0, 0.05) is 39.1 Å². The number of hydrogen-bond acceptors (Lipinski definition) is 4. The van der Waals surface area contributed by atoms with Gasteiger partial charge in [0.25, 0.3) is 0 Å². The van der Waals surface area contributed by atoms with E-state index >= 15 is 0 Å². The third kappa shape index (κ3) is 3.03. The Morgan fingerprint density at radius 3 is 3.00 bits per heavy atom. The van der Waals surface area contributed by atoms with Crippen LogP contribution < -0.4 is 5.32 Å². The lowest BCUT2D eigenvalue weighted by atomic mass is 10.3. The summed E-state index contributed by atoms with van der Waals surface area (Å²) in [4.78, 5) is 13.4. The molecule has 0 radical (unpaired) electrons. The fourth-order valence-corrected chi connectivity index (χ4v) is 2.04. The topological polar surface area (TPSA) is 63.1 Å². The van der Waals surface area contributed by atoms with Crippen molar-refractivity contribution in [3.8, 4) is 0 Å². The monoisotopic (exact) mass is 237 g/mol. The molecule has 6 nitrogen and oxygen atoms in total. The lowest BCUT2D eigenvalue weighted by Crippen LogP contribution is -2.39. The summed E-state index contributed by atoms with van der Waals surface area (Å²) in [6.07, 6.45) is 3.45. The smallest absolute Gasteiger partial charge is 0.222 e. The molecular formula is C11H19N5O. The molecule has 17 heavy (non-hydrogen) atoms. The summed E-state index contributed by atoms with van der Waals surface area (Å²) in [5.74, 6) is 0.279. The van der Waals surface area contributed by atoms with Crippen LogP contribution in [0.2, 0.25) is 0 Å². The second-order valence-corrected chi connectivity index (χ2v) is 4.57. The van der Waals surface area contributed by atoms with Crippen LogP contribution in [0.5, 0.6) is 0 Å². The highest BCUT2D eigenvalue weighted by Gasteiger charge is 2.21. The van der Waals surface area contributed by atoms with E-state index in [1.54, 1.807) is 10.9 Å². The lowest BCUT2D eigenvalue weighted by Gasteiger charge is -2.21. The Labute approximate surface area is 101 Å². The molecule has 2 heterocycles.